The van der Waals surface area contributed by atoms with Crippen molar-refractivity contribution in [1.82, 2.24) is 9.88 Å². The summed E-state index contributed by atoms with van der Waals surface area (Å²) in [6, 6.07) is 22.4. The Hall–Kier alpha value is -3.28. The summed E-state index contributed by atoms with van der Waals surface area (Å²) in [5.74, 6) is -0.589. The zero-order valence-corrected chi connectivity index (χ0v) is 22.3. The number of aromatic nitrogens is 1. The molecule has 0 spiro atoms. The average Bonchev–Trinajstić information content (AvgIpc) is 2.88. The standard InChI is InChI=1S/C31H33ClFN3O/c1-20(2)30(36(15-7-14-34)31(37)24-11-10-21(3)27(33)18-24)29-25(16-22-8-5-4-6-9-22)17-23-12-13-26(32)19-28(23)35-29/h4-6,8-13,17-20,30H,7,14-16,34H2,1-3H3. The number of carbonyl (C=O) groups excluding carboxylic acids is 1. The van der Waals surface area contributed by atoms with E-state index in [1.165, 1.54) is 6.07 Å². The van der Waals surface area contributed by atoms with Crippen LogP contribution in [0.5, 0.6) is 0 Å². The topological polar surface area (TPSA) is 59.2 Å². The fourth-order valence-corrected chi connectivity index (χ4v) is 4.92. The van der Waals surface area contributed by atoms with Gasteiger partial charge in [-0.15, -0.1) is 0 Å². The second-order valence-corrected chi connectivity index (χ2v) is 10.3. The number of hydrogen-bond donors (Lipinski definition) is 1. The number of hydrogen-bond acceptors (Lipinski definition) is 3. The maximum absolute atomic E-state index is 14.4. The quantitative estimate of drug-likeness (QED) is 0.257. The smallest absolute Gasteiger partial charge is 0.254 e. The lowest BCUT2D eigenvalue weighted by molar-refractivity contribution is 0.0614. The van der Waals surface area contributed by atoms with Crippen molar-refractivity contribution in [2.45, 2.75) is 39.7 Å². The van der Waals surface area contributed by atoms with E-state index in [2.05, 4.69) is 32.0 Å². The number of aryl methyl sites for hydroxylation is 1. The first-order valence-electron chi connectivity index (χ1n) is 12.7. The minimum atomic E-state index is -0.394. The number of nitrogens with two attached hydrogens (primary N) is 1. The van der Waals surface area contributed by atoms with Crippen LogP contribution in [0, 0.1) is 18.7 Å². The maximum Gasteiger partial charge on any atom is 0.254 e. The first-order valence-corrected chi connectivity index (χ1v) is 13.1. The summed E-state index contributed by atoms with van der Waals surface area (Å²) in [5.41, 5.74) is 10.5. The van der Waals surface area contributed by atoms with Gasteiger partial charge in [0.05, 0.1) is 17.3 Å². The van der Waals surface area contributed by atoms with E-state index in [1.807, 2.05) is 41.3 Å². The van der Waals surface area contributed by atoms with Crippen LogP contribution in [0.1, 0.15) is 59.1 Å². The van der Waals surface area contributed by atoms with E-state index in [9.17, 15) is 9.18 Å². The Morgan fingerprint density at radius 1 is 1.05 bits per heavy atom. The molecule has 2 N–H and O–H groups in total. The molecule has 4 nitrogen and oxygen atoms in total. The van der Waals surface area contributed by atoms with Crippen LogP contribution in [0.2, 0.25) is 5.02 Å². The largest absolute Gasteiger partial charge is 0.330 e. The Labute approximate surface area is 223 Å². The molecule has 0 aliphatic heterocycles. The third kappa shape index (κ3) is 6.17. The molecule has 1 aromatic heterocycles. The first-order chi connectivity index (χ1) is 17.8. The van der Waals surface area contributed by atoms with Gasteiger partial charge in [0, 0.05) is 22.5 Å². The maximum atomic E-state index is 14.4. The Kier molecular flexibility index (Phi) is 8.57. The molecule has 0 aliphatic carbocycles. The summed E-state index contributed by atoms with van der Waals surface area (Å²) in [6.07, 6.45) is 1.29. The molecule has 6 heteroatoms. The second kappa shape index (κ2) is 11.8. The van der Waals surface area contributed by atoms with E-state index in [4.69, 9.17) is 22.3 Å². The van der Waals surface area contributed by atoms with Crippen molar-refractivity contribution in [1.29, 1.82) is 0 Å². The zero-order chi connectivity index (χ0) is 26.5. The van der Waals surface area contributed by atoms with Crippen LogP contribution in [0.3, 0.4) is 0 Å². The van der Waals surface area contributed by atoms with E-state index >= 15 is 0 Å². The predicted molar refractivity (Wildman–Crippen MR) is 149 cm³/mol. The van der Waals surface area contributed by atoms with Gasteiger partial charge in [-0.25, -0.2) is 4.39 Å². The lowest BCUT2D eigenvalue weighted by atomic mass is 9.90. The summed E-state index contributed by atoms with van der Waals surface area (Å²) in [7, 11) is 0. The monoisotopic (exact) mass is 517 g/mol. The Bertz CT molecular complexity index is 1390. The highest BCUT2D eigenvalue weighted by molar-refractivity contribution is 6.31. The summed E-state index contributed by atoms with van der Waals surface area (Å²) in [6.45, 7) is 6.73. The number of nitrogens with zero attached hydrogens (tertiary/aromatic N) is 2. The molecular weight excluding hydrogens is 485 g/mol. The van der Waals surface area contributed by atoms with Gasteiger partial charge in [0.1, 0.15) is 5.82 Å². The highest BCUT2D eigenvalue weighted by atomic mass is 35.5. The molecule has 0 aliphatic rings. The van der Waals surface area contributed by atoms with Gasteiger partial charge < -0.3 is 10.6 Å². The fourth-order valence-electron chi connectivity index (χ4n) is 4.76. The van der Waals surface area contributed by atoms with Gasteiger partial charge in [0.25, 0.3) is 5.91 Å². The lowest BCUT2D eigenvalue weighted by Crippen LogP contribution is -2.40. The molecule has 4 aromatic rings. The van der Waals surface area contributed by atoms with Gasteiger partial charge in [0.15, 0.2) is 0 Å². The van der Waals surface area contributed by atoms with Gasteiger partial charge >= 0.3 is 0 Å². The Morgan fingerprint density at radius 2 is 1.81 bits per heavy atom. The van der Waals surface area contributed by atoms with Crippen molar-refractivity contribution >= 4 is 28.4 Å². The van der Waals surface area contributed by atoms with Crippen LogP contribution in [-0.4, -0.2) is 28.9 Å². The van der Waals surface area contributed by atoms with Crippen molar-refractivity contribution in [3.05, 3.63) is 112 Å². The van der Waals surface area contributed by atoms with Crippen molar-refractivity contribution < 1.29 is 9.18 Å². The van der Waals surface area contributed by atoms with E-state index in [0.717, 1.165) is 27.7 Å². The van der Waals surface area contributed by atoms with Crippen molar-refractivity contribution in [3.8, 4) is 0 Å². The van der Waals surface area contributed by atoms with Crippen molar-refractivity contribution in [2.75, 3.05) is 13.1 Å². The highest BCUT2D eigenvalue weighted by Gasteiger charge is 2.32. The van der Waals surface area contributed by atoms with E-state index in [0.29, 0.717) is 42.1 Å². The van der Waals surface area contributed by atoms with Crippen LogP contribution in [-0.2, 0) is 6.42 Å². The molecular formula is C31H33ClFN3O. The molecule has 0 bridgehead atoms. The predicted octanol–water partition coefficient (Wildman–Crippen LogP) is 7.11. The van der Waals surface area contributed by atoms with Gasteiger partial charge in [-0.3, -0.25) is 9.78 Å². The molecule has 1 heterocycles. The summed E-state index contributed by atoms with van der Waals surface area (Å²) in [4.78, 5) is 20.8. The molecule has 3 aromatic carbocycles. The first kappa shape index (κ1) is 26.8. The molecule has 0 saturated carbocycles. The summed E-state index contributed by atoms with van der Waals surface area (Å²) >= 11 is 6.32. The summed E-state index contributed by atoms with van der Waals surface area (Å²) in [5, 5.41) is 1.59. The van der Waals surface area contributed by atoms with Crippen LogP contribution in [0.4, 0.5) is 4.39 Å². The molecule has 4 rings (SSSR count). The number of amides is 1. The van der Waals surface area contributed by atoms with Crippen molar-refractivity contribution in [3.63, 3.8) is 0 Å². The Morgan fingerprint density at radius 3 is 2.49 bits per heavy atom. The highest BCUT2D eigenvalue weighted by Crippen LogP contribution is 2.34. The normalized spacial score (nSPS) is 12.2. The van der Waals surface area contributed by atoms with Crippen LogP contribution in [0.25, 0.3) is 10.9 Å². The third-order valence-electron chi connectivity index (χ3n) is 6.66. The molecule has 0 saturated heterocycles. The van der Waals surface area contributed by atoms with E-state index in [1.54, 1.807) is 19.1 Å². The summed E-state index contributed by atoms with van der Waals surface area (Å²) < 4.78 is 14.4. The fraction of sp³-hybridized carbons (Fsp3) is 0.290. The van der Waals surface area contributed by atoms with E-state index in [-0.39, 0.29) is 17.9 Å². The van der Waals surface area contributed by atoms with Crippen LogP contribution >= 0.6 is 11.6 Å². The number of benzene rings is 3. The molecule has 0 fully saturated rings. The molecule has 1 atom stereocenters. The molecule has 1 unspecified atom stereocenters. The van der Waals surface area contributed by atoms with Gasteiger partial charge in [-0.1, -0.05) is 67.9 Å². The number of carbonyl (C=O) groups is 1. The number of halogens is 2. The average molecular weight is 518 g/mol. The zero-order valence-electron chi connectivity index (χ0n) is 21.5. The lowest BCUT2D eigenvalue weighted by Gasteiger charge is -2.35. The molecule has 192 valence electrons. The number of pyridine rings is 1. The number of fused-ring (bicyclic) bond motifs is 1. The van der Waals surface area contributed by atoms with E-state index < -0.39 is 5.82 Å². The van der Waals surface area contributed by atoms with Gasteiger partial charge in [0.2, 0.25) is 0 Å². The third-order valence-corrected chi connectivity index (χ3v) is 6.89. The van der Waals surface area contributed by atoms with Gasteiger partial charge in [-0.2, -0.15) is 0 Å². The second-order valence-electron chi connectivity index (χ2n) is 9.83. The number of rotatable bonds is 9. The molecule has 1 amide bonds. The molecule has 0 radical (unpaired) electrons. The Balaban J connectivity index is 1.88. The van der Waals surface area contributed by atoms with Gasteiger partial charge in [-0.05, 0) is 79.3 Å². The molecule has 37 heavy (non-hydrogen) atoms. The van der Waals surface area contributed by atoms with Crippen molar-refractivity contribution in [2.24, 2.45) is 11.7 Å². The van der Waals surface area contributed by atoms with Crippen LogP contribution in [0.15, 0.2) is 72.8 Å². The minimum Gasteiger partial charge on any atom is -0.330 e. The van der Waals surface area contributed by atoms with Crippen LogP contribution < -0.4 is 5.73 Å². The SMILES string of the molecule is Cc1ccc(C(=O)N(CCCN)C(c2nc3cc(Cl)ccc3cc2Cc2ccccc2)C(C)C)cc1F. The minimum absolute atomic E-state index is 0.0377.